The Hall–Kier alpha value is -0.632. The van der Waals surface area contributed by atoms with Crippen LogP contribution in [0.1, 0.15) is 12.8 Å². The van der Waals surface area contributed by atoms with Crippen LogP contribution in [0.25, 0.3) is 0 Å². The quantitative estimate of drug-likeness (QED) is 0.379. The minimum Gasteiger partial charge on any atom is -0.418 e. The van der Waals surface area contributed by atoms with Gasteiger partial charge in [-0.25, -0.2) is 0 Å². The van der Waals surface area contributed by atoms with Crippen LogP contribution in [0.15, 0.2) is 44.8 Å². The largest absolute Gasteiger partial charge is 0.673 e. The predicted octanol–water partition coefficient (Wildman–Crippen LogP) is 4.55. The molecule has 0 aromatic rings. The summed E-state index contributed by atoms with van der Waals surface area (Å²) in [7, 11) is -6.00. The Morgan fingerprint density at radius 2 is 1.20 bits per heavy atom. The summed E-state index contributed by atoms with van der Waals surface area (Å²) < 4.78 is 42.5. The van der Waals surface area contributed by atoms with E-state index in [9.17, 15) is 17.3 Å². The van der Waals surface area contributed by atoms with Crippen LogP contribution >= 0.6 is 0 Å². The van der Waals surface area contributed by atoms with E-state index >= 15 is 0 Å². The van der Waals surface area contributed by atoms with Crippen LogP contribution in [-0.4, -0.2) is 7.25 Å². The molecule has 4 bridgehead atoms. The molecule has 6 heteroatoms. The zero-order valence-electron chi connectivity index (χ0n) is 10.6. The second-order valence-electron chi connectivity index (χ2n) is 5.41. The molecule has 0 nitrogen and oxygen atoms in total. The van der Waals surface area contributed by atoms with Crippen LogP contribution in [0.4, 0.5) is 17.3 Å². The average Bonchev–Trinajstić information content (AvgIpc) is 3.06. The zero-order chi connectivity index (χ0) is 14.3. The molecule has 0 N–H and O–H groups in total. The van der Waals surface area contributed by atoms with Gasteiger partial charge in [-0.2, -0.15) is 0 Å². The van der Waals surface area contributed by atoms with Crippen LogP contribution in [0.5, 0.6) is 0 Å². The third kappa shape index (κ3) is 3.33. The number of allylic oxidation sites excluding steroid dienone is 8. The van der Waals surface area contributed by atoms with Crippen molar-refractivity contribution in [3.05, 3.63) is 44.8 Å². The maximum Gasteiger partial charge on any atom is 0.673 e. The van der Waals surface area contributed by atoms with E-state index in [1.807, 2.05) is 0 Å². The monoisotopic (exact) mass is 372 g/mol. The van der Waals surface area contributed by atoms with E-state index in [4.69, 9.17) is 0 Å². The fourth-order valence-corrected chi connectivity index (χ4v) is 5.85. The molecule has 0 radical (unpaired) electrons. The predicted molar refractivity (Wildman–Crippen MR) is 67.8 cm³/mol. The molecule has 0 aromatic carbocycles. The van der Waals surface area contributed by atoms with Crippen molar-refractivity contribution in [3.8, 4) is 0 Å². The summed E-state index contributed by atoms with van der Waals surface area (Å²) in [5, 5.41) is 0. The molecule has 0 saturated carbocycles. The molecule has 0 aromatic heterocycles. The van der Waals surface area contributed by atoms with Gasteiger partial charge >= 0.3 is 106 Å². The van der Waals surface area contributed by atoms with Gasteiger partial charge in [-0.1, -0.05) is 0 Å². The Kier molecular flexibility index (Phi) is 3.78. The normalized spacial score (nSPS) is 36.2. The molecule has 4 aliphatic carbocycles. The zero-order valence-corrected chi connectivity index (χ0v) is 12.2. The Morgan fingerprint density at radius 1 is 0.800 bits per heavy atom. The van der Waals surface area contributed by atoms with Crippen molar-refractivity contribution in [2.45, 2.75) is 12.8 Å². The SMILES string of the molecule is C1=CC2CC1C=[C]2[Rh][C]1=CC2C=CC1C2.F[B-](F)(F)F. The first-order valence-corrected chi connectivity index (χ1v) is 8.30. The molecule has 0 aliphatic heterocycles. The van der Waals surface area contributed by atoms with Gasteiger partial charge in [0.25, 0.3) is 0 Å². The van der Waals surface area contributed by atoms with E-state index in [1.165, 1.54) is 12.8 Å². The van der Waals surface area contributed by atoms with E-state index < -0.39 is 7.25 Å². The first kappa shape index (κ1) is 14.3. The number of rotatable bonds is 2. The van der Waals surface area contributed by atoms with Gasteiger partial charge in [0, 0.05) is 0 Å². The van der Waals surface area contributed by atoms with Crippen LogP contribution in [0.3, 0.4) is 0 Å². The molecular formula is C14H14BF4Rh-. The van der Waals surface area contributed by atoms with E-state index in [1.54, 1.807) is 8.33 Å². The van der Waals surface area contributed by atoms with Gasteiger partial charge in [-0.05, 0) is 0 Å². The van der Waals surface area contributed by atoms with E-state index in [-0.39, 0.29) is 0 Å². The fraction of sp³-hybridized carbons (Fsp3) is 0.429. The third-order valence-corrected chi connectivity index (χ3v) is 6.54. The van der Waals surface area contributed by atoms with Crippen LogP contribution in [0.2, 0.25) is 0 Å². The van der Waals surface area contributed by atoms with Gasteiger partial charge in [0.2, 0.25) is 0 Å². The van der Waals surface area contributed by atoms with Crippen molar-refractivity contribution in [2.24, 2.45) is 23.7 Å². The first-order valence-electron chi connectivity index (χ1n) is 6.66. The Morgan fingerprint density at radius 3 is 1.45 bits per heavy atom. The van der Waals surface area contributed by atoms with Crippen molar-refractivity contribution in [2.75, 3.05) is 0 Å². The summed E-state index contributed by atoms with van der Waals surface area (Å²) in [4.78, 5) is 0. The third-order valence-electron chi connectivity index (χ3n) is 3.83. The molecule has 0 amide bonds. The van der Waals surface area contributed by atoms with Gasteiger partial charge in [-0.15, -0.1) is 0 Å². The smallest absolute Gasteiger partial charge is 0.418 e. The van der Waals surface area contributed by atoms with Gasteiger partial charge in [0.15, 0.2) is 0 Å². The number of fused-ring (bicyclic) bond motifs is 4. The summed E-state index contributed by atoms with van der Waals surface area (Å²) in [5.41, 5.74) is 0. The summed E-state index contributed by atoms with van der Waals surface area (Å²) >= 11 is 0.589. The van der Waals surface area contributed by atoms with Crippen molar-refractivity contribution in [1.82, 2.24) is 0 Å². The van der Waals surface area contributed by atoms with Crippen LogP contribution < -0.4 is 0 Å². The van der Waals surface area contributed by atoms with Gasteiger partial charge in [0.1, 0.15) is 0 Å². The molecule has 0 heterocycles. The molecule has 0 fully saturated rings. The molecule has 0 saturated heterocycles. The summed E-state index contributed by atoms with van der Waals surface area (Å²) in [5.74, 6) is 3.23. The van der Waals surface area contributed by atoms with Crippen LogP contribution in [0, 0.1) is 23.7 Å². The Balaban J connectivity index is 0.000000213. The summed E-state index contributed by atoms with van der Waals surface area (Å²) in [6.07, 6.45) is 17.5. The molecule has 0 spiro atoms. The Bertz CT molecular complexity index is 472. The van der Waals surface area contributed by atoms with Crippen molar-refractivity contribution in [3.63, 3.8) is 0 Å². The maximum atomic E-state index is 9.75. The molecule has 111 valence electrons. The summed E-state index contributed by atoms with van der Waals surface area (Å²) in [6.45, 7) is 0. The minimum atomic E-state index is -6.00. The van der Waals surface area contributed by atoms with E-state index in [0.717, 1.165) is 23.7 Å². The van der Waals surface area contributed by atoms with Crippen molar-refractivity contribution >= 4 is 7.25 Å². The molecule has 20 heavy (non-hydrogen) atoms. The van der Waals surface area contributed by atoms with E-state index in [2.05, 4.69) is 36.5 Å². The second-order valence-corrected chi connectivity index (χ2v) is 7.71. The van der Waals surface area contributed by atoms with Gasteiger partial charge in [0.05, 0.1) is 0 Å². The molecule has 4 atom stereocenters. The molecule has 4 rings (SSSR count). The van der Waals surface area contributed by atoms with Crippen molar-refractivity contribution < 1.29 is 34.4 Å². The second kappa shape index (κ2) is 5.29. The molecule has 4 unspecified atom stereocenters. The van der Waals surface area contributed by atoms with E-state index in [0.29, 0.717) is 17.1 Å². The van der Waals surface area contributed by atoms with Gasteiger partial charge < -0.3 is 17.3 Å². The maximum absolute atomic E-state index is 9.75. The first-order chi connectivity index (χ1) is 9.38. The van der Waals surface area contributed by atoms with Crippen molar-refractivity contribution in [1.29, 1.82) is 0 Å². The number of halogens is 4. The van der Waals surface area contributed by atoms with Crippen LogP contribution in [-0.2, 0) is 17.1 Å². The molecule has 4 aliphatic rings. The fourth-order valence-electron chi connectivity index (χ4n) is 3.02. The topological polar surface area (TPSA) is 0 Å². The molecular weight excluding hydrogens is 358 g/mol. The van der Waals surface area contributed by atoms with Gasteiger partial charge in [-0.3, -0.25) is 0 Å². The summed E-state index contributed by atoms with van der Waals surface area (Å²) in [6, 6.07) is 0. The Labute approximate surface area is 123 Å². The number of hydrogen-bond acceptors (Lipinski definition) is 0. The number of hydrogen-bond donors (Lipinski definition) is 0. The minimum absolute atomic E-state index is 0.589. The standard InChI is InChI=1S/2C7H7.BF4.Rh/c2*1-2-7-4-3-6(1)5-7;2-1(3,4)5;/h2*1-3,6-7H,5H2;;/q;;-1;. The average molecular weight is 372 g/mol.